The molecule has 166 valence electrons. The number of fused-ring (bicyclic) bond motifs is 1. The maximum Gasteiger partial charge on any atom is 0.323 e. The zero-order valence-corrected chi connectivity index (χ0v) is 18.6. The van der Waals surface area contributed by atoms with Crippen LogP contribution in [0.2, 0.25) is 0 Å². The Morgan fingerprint density at radius 2 is 1.48 bits per heavy atom. The van der Waals surface area contributed by atoms with Crippen LogP contribution in [-0.2, 0) is 0 Å². The van der Waals surface area contributed by atoms with Crippen molar-refractivity contribution in [1.82, 2.24) is 5.32 Å². The van der Waals surface area contributed by atoms with E-state index in [0.717, 1.165) is 21.9 Å². The third kappa shape index (κ3) is 5.13. The van der Waals surface area contributed by atoms with E-state index in [-0.39, 0.29) is 11.9 Å². The van der Waals surface area contributed by atoms with E-state index in [1.54, 1.807) is 36.4 Å². The SMILES string of the molecule is Cc1ccc(NC(=O)Nc2ccc(N)cc2)cc1C(=O)N[C@H](C)c1cccc2ccccc12. The van der Waals surface area contributed by atoms with Gasteiger partial charge in [0.1, 0.15) is 0 Å². The summed E-state index contributed by atoms with van der Waals surface area (Å²) >= 11 is 0. The van der Waals surface area contributed by atoms with Gasteiger partial charge in [-0.3, -0.25) is 4.79 Å². The van der Waals surface area contributed by atoms with Crippen molar-refractivity contribution in [3.63, 3.8) is 0 Å². The number of aryl methyl sites for hydroxylation is 1. The summed E-state index contributed by atoms with van der Waals surface area (Å²) in [5.41, 5.74) is 9.82. The Labute approximate surface area is 192 Å². The lowest BCUT2D eigenvalue weighted by atomic mass is 9.99. The van der Waals surface area contributed by atoms with E-state index < -0.39 is 6.03 Å². The van der Waals surface area contributed by atoms with Gasteiger partial charge in [-0.25, -0.2) is 4.79 Å². The second-order valence-corrected chi connectivity index (χ2v) is 7.99. The molecule has 4 rings (SSSR count). The average Bonchev–Trinajstić information content (AvgIpc) is 2.81. The van der Waals surface area contributed by atoms with Crippen molar-refractivity contribution in [3.8, 4) is 0 Å². The predicted molar refractivity (Wildman–Crippen MR) is 135 cm³/mol. The standard InChI is InChI=1S/C27H26N4O2/c1-17-10-13-22(31-27(33)30-21-14-11-20(28)12-15-21)16-25(17)26(32)29-18(2)23-9-5-7-19-6-3-4-8-24(19)23/h3-16,18H,28H2,1-2H3,(H,29,32)(H2,30,31,33)/t18-/m1/s1. The summed E-state index contributed by atoms with van der Waals surface area (Å²) in [5, 5.41) is 10.9. The Morgan fingerprint density at radius 3 is 2.27 bits per heavy atom. The molecule has 0 aliphatic carbocycles. The summed E-state index contributed by atoms with van der Waals surface area (Å²) in [6.45, 7) is 3.84. The normalized spacial score (nSPS) is 11.6. The van der Waals surface area contributed by atoms with E-state index in [1.165, 1.54) is 0 Å². The van der Waals surface area contributed by atoms with Crippen LogP contribution in [0, 0.1) is 6.92 Å². The van der Waals surface area contributed by atoms with Crippen molar-refractivity contribution in [2.45, 2.75) is 19.9 Å². The Hall–Kier alpha value is -4.32. The minimum atomic E-state index is -0.404. The predicted octanol–water partition coefficient (Wildman–Crippen LogP) is 5.87. The van der Waals surface area contributed by atoms with Gasteiger partial charge in [0.2, 0.25) is 0 Å². The van der Waals surface area contributed by atoms with Gasteiger partial charge in [-0.1, -0.05) is 48.5 Å². The van der Waals surface area contributed by atoms with Gasteiger partial charge in [0.05, 0.1) is 6.04 Å². The Morgan fingerprint density at radius 1 is 0.818 bits per heavy atom. The van der Waals surface area contributed by atoms with Gasteiger partial charge in [-0.15, -0.1) is 0 Å². The van der Waals surface area contributed by atoms with Crippen LogP contribution in [0.25, 0.3) is 10.8 Å². The molecule has 4 aromatic carbocycles. The zero-order valence-electron chi connectivity index (χ0n) is 18.6. The van der Waals surface area contributed by atoms with Gasteiger partial charge < -0.3 is 21.7 Å². The van der Waals surface area contributed by atoms with E-state index in [9.17, 15) is 9.59 Å². The molecular formula is C27H26N4O2. The lowest BCUT2D eigenvalue weighted by Crippen LogP contribution is -2.27. The molecule has 4 aromatic rings. The Bertz CT molecular complexity index is 1310. The second-order valence-electron chi connectivity index (χ2n) is 7.99. The number of amides is 3. The van der Waals surface area contributed by atoms with Crippen LogP contribution < -0.4 is 21.7 Å². The Balaban J connectivity index is 1.48. The van der Waals surface area contributed by atoms with Gasteiger partial charge in [0, 0.05) is 22.6 Å². The summed E-state index contributed by atoms with van der Waals surface area (Å²) in [6, 6.07) is 25.7. The van der Waals surface area contributed by atoms with Crippen LogP contribution in [0.3, 0.4) is 0 Å². The number of rotatable bonds is 5. The number of carbonyl (C=O) groups is 2. The van der Waals surface area contributed by atoms with E-state index in [1.807, 2.05) is 44.2 Å². The fourth-order valence-corrected chi connectivity index (χ4v) is 3.78. The van der Waals surface area contributed by atoms with Crippen molar-refractivity contribution < 1.29 is 9.59 Å². The monoisotopic (exact) mass is 438 g/mol. The number of carbonyl (C=O) groups excluding carboxylic acids is 2. The average molecular weight is 439 g/mol. The molecule has 0 unspecified atom stereocenters. The quantitative estimate of drug-likeness (QED) is 0.294. The van der Waals surface area contributed by atoms with Gasteiger partial charge in [-0.2, -0.15) is 0 Å². The highest BCUT2D eigenvalue weighted by atomic mass is 16.2. The third-order valence-electron chi connectivity index (χ3n) is 5.55. The highest BCUT2D eigenvalue weighted by Crippen LogP contribution is 2.25. The van der Waals surface area contributed by atoms with Crippen molar-refractivity contribution in [3.05, 3.63) is 102 Å². The number of hydrogen-bond donors (Lipinski definition) is 4. The highest BCUT2D eigenvalue weighted by molar-refractivity contribution is 6.02. The molecule has 1 atom stereocenters. The fourth-order valence-electron chi connectivity index (χ4n) is 3.78. The summed E-state index contributed by atoms with van der Waals surface area (Å²) in [4.78, 5) is 25.5. The molecule has 6 nitrogen and oxygen atoms in total. The fraction of sp³-hybridized carbons (Fsp3) is 0.111. The van der Waals surface area contributed by atoms with Crippen molar-refractivity contribution in [2.24, 2.45) is 0 Å². The Kier molecular flexibility index (Phi) is 6.26. The molecule has 0 aliphatic rings. The number of hydrogen-bond acceptors (Lipinski definition) is 3. The molecule has 0 saturated heterocycles. The number of urea groups is 1. The molecule has 0 spiro atoms. The number of nitrogens with one attached hydrogen (secondary N) is 3. The van der Waals surface area contributed by atoms with Crippen LogP contribution in [0.5, 0.6) is 0 Å². The minimum absolute atomic E-state index is 0.187. The van der Waals surface area contributed by atoms with Crippen molar-refractivity contribution >= 4 is 39.8 Å². The van der Waals surface area contributed by atoms with Crippen LogP contribution >= 0.6 is 0 Å². The number of benzene rings is 4. The van der Waals surface area contributed by atoms with Gasteiger partial charge in [0.25, 0.3) is 5.91 Å². The van der Waals surface area contributed by atoms with Gasteiger partial charge in [0.15, 0.2) is 0 Å². The van der Waals surface area contributed by atoms with E-state index >= 15 is 0 Å². The lowest BCUT2D eigenvalue weighted by Gasteiger charge is -2.18. The molecular weight excluding hydrogens is 412 g/mol. The van der Waals surface area contributed by atoms with E-state index in [0.29, 0.717) is 22.6 Å². The third-order valence-corrected chi connectivity index (χ3v) is 5.55. The van der Waals surface area contributed by atoms with Crippen molar-refractivity contribution in [1.29, 1.82) is 0 Å². The van der Waals surface area contributed by atoms with E-state index in [4.69, 9.17) is 5.73 Å². The molecule has 6 heteroatoms. The molecule has 0 fully saturated rings. The summed E-state index contributed by atoms with van der Waals surface area (Å²) in [5.74, 6) is -0.199. The molecule has 33 heavy (non-hydrogen) atoms. The summed E-state index contributed by atoms with van der Waals surface area (Å²) in [7, 11) is 0. The minimum Gasteiger partial charge on any atom is -0.399 e. The molecule has 0 radical (unpaired) electrons. The van der Waals surface area contributed by atoms with Gasteiger partial charge >= 0.3 is 6.03 Å². The van der Waals surface area contributed by atoms with Crippen LogP contribution in [0.4, 0.5) is 21.9 Å². The molecule has 0 saturated carbocycles. The number of anilines is 3. The van der Waals surface area contributed by atoms with E-state index in [2.05, 4.69) is 34.1 Å². The van der Waals surface area contributed by atoms with Crippen LogP contribution in [0.15, 0.2) is 84.9 Å². The maximum absolute atomic E-state index is 13.1. The highest BCUT2D eigenvalue weighted by Gasteiger charge is 2.16. The molecule has 0 bridgehead atoms. The molecule has 0 aliphatic heterocycles. The first-order valence-corrected chi connectivity index (χ1v) is 10.7. The topological polar surface area (TPSA) is 96.2 Å². The van der Waals surface area contributed by atoms with Gasteiger partial charge in [-0.05, 0) is 72.1 Å². The van der Waals surface area contributed by atoms with Crippen LogP contribution in [-0.4, -0.2) is 11.9 Å². The number of nitrogens with two attached hydrogens (primary N) is 1. The molecule has 3 amide bonds. The summed E-state index contributed by atoms with van der Waals surface area (Å²) in [6.07, 6.45) is 0. The first-order valence-electron chi connectivity index (χ1n) is 10.7. The van der Waals surface area contributed by atoms with Crippen molar-refractivity contribution in [2.75, 3.05) is 16.4 Å². The zero-order chi connectivity index (χ0) is 23.4. The number of nitrogen functional groups attached to an aromatic ring is 1. The molecule has 0 heterocycles. The smallest absolute Gasteiger partial charge is 0.323 e. The lowest BCUT2D eigenvalue weighted by molar-refractivity contribution is 0.0939. The first-order chi connectivity index (χ1) is 15.9. The largest absolute Gasteiger partial charge is 0.399 e. The summed E-state index contributed by atoms with van der Waals surface area (Å²) < 4.78 is 0. The maximum atomic E-state index is 13.1. The second kappa shape index (κ2) is 9.44. The molecule has 0 aromatic heterocycles. The first kappa shape index (κ1) is 21.9. The van der Waals surface area contributed by atoms with Crippen LogP contribution in [0.1, 0.15) is 34.5 Å². The molecule has 5 N–H and O–H groups in total.